The van der Waals surface area contributed by atoms with E-state index >= 15 is 0 Å². The number of aliphatic hydroxyl groups excluding tert-OH is 1. The first-order chi connectivity index (χ1) is 23.0. The van der Waals surface area contributed by atoms with Crippen molar-refractivity contribution in [1.82, 2.24) is 15.7 Å². The summed E-state index contributed by atoms with van der Waals surface area (Å²) in [5.41, 5.74) is 1.30. The summed E-state index contributed by atoms with van der Waals surface area (Å²) in [4.78, 5) is 43.7. The third-order valence-electron chi connectivity index (χ3n) is 8.38. The van der Waals surface area contributed by atoms with Crippen LogP contribution in [-0.4, -0.2) is 72.5 Å². The zero-order valence-corrected chi connectivity index (χ0v) is 27.7. The van der Waals surface area contributed by atoms with Crippen LogP contribution in [-0.2, 0) is 25.6 Å². The molecule has 256 valence electrons. The van der Waals surface area contributed by atoms with Gasteiger partial charge in [-0.1, -0.05) is 38.1 Å². The number of carbonyl (C=O) groups excluding carboxylic acids is 2. The lowest BCUT2D eigenvalue weighted by Gasteiger charge is -2.33. The normalized spacial score (nSPS) is 18.9. The molecule has 2 aromatic carbocycles. The lowest BCUT2D eigenvalue weighted by atomic mass is 9.80. The quantitative estimate of drug-likeness (QED) is 0.151. The number of non-ortho nitro benzene ring substituents is 1. The second-order valence-electron chi connectivity index (χ2n) is 12.3. The van der Waals surface area contributed by atoms with Crippen molar-refractivity contribution in [3.05, 3.63) is 92.3 Å². The van der Waals surface area contributed by atoms with Crippen LogP contribution in [0.25, 0.3) is 0 Å². The SMILES string of the molecule is COC(=O)C1=C(C#N)NC(C)=C(C(=O)ON2CCCC(CCc3ccc(OCC(O)CNC(C)C)cc3)C2)C1c1cccc([N+](=O)[O-])c1. The molecular weight excluding hydrogens is 618 g/mol. The van der Waals surface area contributed by atoms with Crippen molar-refractivity contribution in [3.63, 3.8) is 0 Å². The smallest absolute Gasteiger partial charge is 0.355 e. The number of esters is 1. The zero-order valence-electron chi connectivity index (χ0n) is 27.7. The number of aliphatic hydroxyl groups is 1. The van der Waals surface area contributed by atoms with Gasteiger partial charge in [-0.15, -0.1) is 5.06 Å². The molecule has 13 nitrogen and oxygen atoms in total. The predicted octanol–water partition coefficient (Wildman–Crippen LogP) is 4.05. The van der Waals surface area contributed by atoms with Crippen LogP contribution < -0.4 is 15.4 Å². The lowest BCUT2D eigenvalue weighted by molar-refractivity contribution is -0.384. The van der Waals surface area contributed by atoms with E-state index in [1.165, 1.54) is 18.2 Å². The lowest BCUT2D eigenvalue weighted by Crippen LogP contribution is -2.40. The number of methoxy groups -OCH3 is 1. The molecule has 0 bridgehead atoms. The van der Waals surface area contributed by atoms with Gasteiger partial charge in [-0.25, -0.2) is 9.59 Å². The Morgan fingerprint density at radius 3 is 2.60 bits per heavy atom. The fraction of sp³-hybridized carbons (Fsp3) is 0.457. The summed E-state index contributed by atoms with van der Waals surface area (Å²) in [6.45, 7) is 7.33. The van der Waals surface area contributed by atoms with Crippen molar-refractivity contribution in [3.8, 4) is 11.8 Å². The predicted molar refractivity (Wildman–Crippen MR) is 176 cm³/mol. The van der Waals surface area contributed by atoms with E-state index in [0.717, 1.165) is 38.4 Å². The molecule has 3 atom stereocenters. The average Bonchev–Trinajstić information content (AvgIpc) is 3.08. The molecule has 1 saturated heterocycles. The number of hydrogen-bond acceptors (Lipinski definition) is 12. The highest BCUT2D eigenvalue weighted by Crippen LogP contribution is 2.40. The summed E-state index contributed by atoms with van der Waals surface area (Å²) < 4.78 is 10.7. The molecule has 2 aliphatic heterocycles. The molecule has 0 radical (unpaired) electrons. The van der Waals surface area contributed by atoms with Crippen LogP contribution in [0, 0.1) is 27.4 Å². The molecule has 0 aromatic heterocycles. The maximum Gasteiger partial charge on any atom is 0.355 e. The van der Waals surface area contributed by atoms with Crippen molar-refractivity contribution < 1.29 is 33.9 Å². The second-order valence-corrected chi connectivity index (χ2v) is 12.3. The van der Waals surface area contributed by atoms with Crippen LogP contribution in [0.3, 0.4) is 0 Å². The van der Waals surface area contributed by atoms with Gasteiger partial charge in [0.1, 0.15) is 30.2 Å². The maximum atomic E-state index is 13.8. The number of rotatable bonds is 14. The molecule has 13 heteroatoms. The highest BCUT2D eigenvalue weighted by Gasteiger charge is 2.40. The van der Waals surface area contributed by atoms with Crippen molar-refractivity contribution >= 4 is 17.6 Å². The number of piperidine rings is 1. The number of nitrogens with one attached hydrogen (secondary N) is 2. The van der Waals surface area contributed by atoms with Crippen molar-refractivity contribution in [2.45, 2.75) is 64.5 Å². The van der Waals surface area contributed by atoms with E-state index in [2.05, 4.69) is 10.6 Å². The van der Waals surface area contributed by atoms with Crippen LogP contribution >= 0.6 is 0 Å². The highest BCUT2D eigenvalue weighted by molar-refractivity contribution is 6.00. The van der Waals surface area contributed by atoms with Crippen LogP contribution in [0.4, 0.5) is 5.69 Å². The number of dihydropyridines is 1. The molecule has 2 aromatic rings. The topological polar surface area (TPSA) is 176 Å². The van der Waals surface area contributed by atoms with E-state index in [-0.39, 0.29) is 46.7 Å². The zero-order chi connectivity index (χ0) is 34.8. The third-order valence-corrected chi connectivity index (χ3v) is 8.38. The first kappa shape index (κ1) is 36.1. The Labute approximate surface area is 280 Å². The molecule has 2 heterocycles. The highest BCUT2D eigenvalue weighted by atomic mass is 16.7. The molecule has 3 unspecified atom stereocenters. The Balaban J connectivity index is 1.41. The molecule has 0 amide bonds. The molecule has 4 rings (SSSR count). The monoisotopic (exact) mass is 661 g/mol. The van der Waals surface area contributed by atoms with Crippen LogP contribution in [0.1, 0.15) is 57.1 Å². The van der Waals surface area contributed by atoms with Gasteiger partial charge in [0, 0.05) is 43.5 Å². The number of hydroxylamine groups is 2. The fourth-order valence-corrected chi connectivity index (χ4v) is 5.93. The summed E-state index contributed by atoms with van der Waals surface area (Å²) in [7, 11) is 1.16. The number of nitro groups is 1. The summed E-state index contributed by atoms with van der Waals surface area (Å²) in [5, 5.41) is 39.1. The van der Waals surface area contributed by atoms with E-state index in [1.807, 2.05) is 44.2 Å². The minimum absolute atomic E-state index is 0.0584. The number of nitrogens with zero attached hydrogens (tertiary/aromatic N) is 3. The molecule has 2 aliphatic rings. The standard InChI is InChI=1S/C35H43N5O8/c1-22(2)37-19-28(41)21-47-29-14-12-24(13-15-29)10-11-25-7-6-16-39(20-25)48-35(43)31-23(3)38-30(18-36)33(34(42)46-4)32(31)26-8-5-9-27(17-26)40(44)45/h5,8-9,12-15,17,22,25,28,32,37-38,41H,6-7,10-11,16,19-21H2,1-4H3. The second kappa shape index (κ2) is 16.9. The molecule has 0 saturated carbocycles. The Morgan fingerprint density at radius 2 is 1.94 bits per heavy atom. The number of nitro benzene ring substituents is 1. The van der Waals surface area contributed by atoms with Gasteiger partial charge >= 0.3 is 11.9 Å². The van der Waals surface area contributed by atoms with Crippen molar-refractivity contribution in [2.24, 2.45) is 5.92 Å². The van der Waals surface area contributed by atoms with Crippen LogP contribution in [0.5, 0.6) is 5.75 Å². The largest absolute Gasteiger partial charge is 0.491 e. The Morgan fingerprint density at radius 1 is 1.19 bits per heavy atom. The minimum atomic E-state index is -1.13. The average molecular weight is 662 g/mol. The summed E-state index contributed by atoms with van der Waals surface area (Å²) >= 11 is 0. The van der Waals surface area contributed by atoms with Gasteiger partial charge < -0.3 is 30.1 Å². The number of nitriles is 1. The van der Waals surface area contributed by atoms with Gasteiger partial charge in [-0.3, -0.25) is 10.1 Å². The van der Waals surface area contributed by atoms with Crippen LogP contribution in [0.15, 0.2) is 71.1 Å². The fourth-order valence-electron chi connectivity index (χ4n) is 5.93. The number of aryl methyl sites for hydroxylation is 1. The van der Waals surface area contributed by atoms with E-state index in [4.69, 9.17) is 14.3 Å². The number of benzene rings is 2. The van der Waals surface area contributed by atoms with Gasteiger partial charge in [0.25, 0.3) is 5.69 Å². The summed E-state index contributed by atoms with van der Waals surface area (Å²) in [5.74, 6) is -1.75. The number of carbonyl (C=O) groups is 2. The van der Waals surface area contributed by atoms with Gasteiger partial charge in [0.2, 0.25) is 0 Å². The molecule has 48 heavy (non-hydrogen) atoms. The maximum absolute atomic E-state index is 13.8. The Kier molecular flexibility index (Phi) is 12.7. The third kappa shape index (κ3) is 9.41. The molecule has 3 N–H and O–H groups in total. The first-order valence-electron chi connectivity index (χ1n) is 16.1. The Hall–Kier alpha value is -4.77. The Bertz CT molecular complexity index is 1580. The molecule has 1 fully saturated rings. The van der Waals surface area contributed by atoms with Crippen molar-refractivity contribution in [1.29, 1.82) is 5.26 Å². The van der Waals surface area contributed by atoms with Crippen LogP contribution in [0.2, 0.25) is 0 Å². The molecule has 0 spiro atoms. The molecule has 0 aliphatic carbocycles. The van der Waals surface area contributed by atoms with Gasteiger partial charge in [0.15, 0.2) is 0 Å². The summed E-state index contributed by atoms with van der Waals surface area (Å²) in [6.07, 6.45) is 2.87. The number of allylic oxidation sites excluding steroid dienone is 2. The van der Waals surface area contributed by atoms with Gasteiger partial charge in [0.05, 0.1) is 29.1 Å². The molecular formula is C35H43N5O8. The van der Waals surface area contributed by atoms with E-state index in [9.17, 15) is 30.1 Å². The van der Waals surface area contributed by atoms with E-state index < -0.39 is 28.9 Å². The number of ether oxygens (including phenoxy) is 2. The summed E-state index contributed by atoms with van der Waals surface area (Å²) in [6, 6.07) is 15.7. The minimum Gasteiger partial charge on any atom is -0.491 e. The van der Waals surface area contributed by atoms with Crippen molar-refractivity contribution in [2.75, 3.05) is 33.4 Å². The van der Waals surface area contributed by atoms with Gasteiger partial charge in [-0.05, 0) is 61.8 Å². The van der Waals surface area contributed by atoms with E-state index in [1.54, 1.807) is 18.1 Å². The van der Waals surface area contributed by atoms with Gasteiger partial charge in [-0.2, -0.15) is 5.26 Å². The first-order valence-corrected chi connectivity index (χ1v) is 16.1. The van der Waals surface area contributed by atoms with E-state index in [0.29, 0.717) is 31.1 Å². The number of hydrogen-bond donors (Lipinski definition) is 3.